The van der Waals surface area contributed by atoms with E-state index >= 15 is 0 Å². The number of H-pyrrole nitrogens is 1. The summed E-state index contributed by atoms with van der Waals surface area (Å²) in [4.78, 5) is 7.16. The van der Waals surface area contributed by atoms with E-state index in [1.165, 1.54) is 24.4 Å². The molecule has 0 saturated carbocycles. The lowest BCUT2D eigenvalue weighted by Crippen LogP contribution is -1.97. The van der Waals surface area contributed by atoms with Crippen LogP contribution in [0.25, 0.3) is 16.9 Å². The summed E-state index contributed by atoms with van der Waals surface area (Å²) in [6.45, 7) is 0. The molecule has 3 aromatic rings. The monoisotopic (exact) mass is 313 g/mol. The molecule has 2 aromatic heterocycles. The van der Waals surface area contributed by atoms with E-state index in [0.717, 1.165) is 0 Å². The number of hydrogen-bond acceptors (Lipinski definition) is 2. The Morgan fingerprint density at radius 1 is 1.26 bits per heavy atom. The van der Waals surface area contributed by atoms with Gasteiger partial charge in [0.2, 0.25) is 0 Å². The first-order valence-corrected chi connectivity index (χ1v) is 6.44. The van der Waals surface area contributed by atoms with Gasteiger partial charge in [0.05, 0.1) is 21.2 Å². The number of fused-ring (bicyclic) bond motifs is 1. The maximum absolute atomic E-state index is 13.4. The van der Waals surface area contributed by atoms with Gasteiger partial charge in [-0.05, 0) is 36.5 Å². The van der Waals surface area contributed by atoms with E-state index in [1.54, 1.807) is 10.6 Å². The summed E-state index contributed by atoms with van der Waals surface area (Å²) < 4.78 is 15.3. The summed E-state index contributed by atoms with van der Waals surface area (Å²) in [5.74, 6) is -0.399. The second kappa shape index (κ2) is 4.59. The molecule has 0 aliphatic carbocycles. The number of hydrogen-bond donors (Lipinski definition) is 1. The van der Waals surface area contributed by atoms with Gasteiger partial charge in [-0.15, -0.1) is 0 Å². The quantitative estimate of drug-likeness (QED) is 0.670. The number of aromatic nitrogens is 3. The van der Waals surface area contributed by atoms with Crippen molar-refractivity contribution in [3.8, 4) is 5.69 Å². The molecule has 2 heterocycles. The van der Waals surface area contributed by atoms with Crippen molar-refractivity contribution in [2.24, 2.45) is 0 Å². The van der Waals surface area contributed by atoms with Crippen LogP contribution in [-0.4, -0.2) is 14.5 Å². The number of pyridine rings is 1. The summed E-state index contributed by atoms with van der Waals surface area (Å²) >= 11 is 17.2. The minimum atomic E-state index is -0.399. The van der Waals surface area contributed by atoms with Gasteiger partial charge in [0.25, 0.3) is 0 Å². The molecule has 0 amide bonds. The molecule has 19 heavy (non-hydrogen) atoms. The van der Waals surface area contributed by atoms with Gasteiger partial charge in [0.1, 0.15) is 5.82 Å². The molecule has 96 valence electrons. The van der Waals surface area contributed by atoms with Crippen molar-refractivity contribution in [3.05, 3.63) is 51.1 Å². The molecule has 0 bridgehead atoms. The zero-order chi connectivity index (χ0) is 13.6. The number of nitrogens with zero attached hydrogens (tertiary/aromatic N) is 2. The molecule has 7 heteroatoms. The van der Waals surface area contributed by atoms with Gasteiger partial charge in [-0.25, -0.2) is 9.37 Å². The number of imidazole rings is 1. The van der Waals surface area contributed by atoms with Crippen LogP contribution in [0.3, 0.4) is 0 Å². The van der Waals surface area contributed by atoms with Crippen LogP contribution >= 0.6 is 35.4 Å². The highest BCUT2D eigenvalue weighted by molar-refractivity contribution is 7.71. The minimum absolute atomic E-state index is 0.372. The molecule has 3 nitrogen and oxygen atoms in total. The largest absolute Gasteiger partial charge is 0.329 e. The van der Waals surface area contributed by atoms with Crippen LogP contribution in [0.4, 0.5) is 4.39 Å². The van der Waals surface area contributed by atoms with Crippen molar-refractivity contribution >= 4 is 46.6 Å². The summed E-state index contributed by atoms with van der Waals surface area (Å²) in [5, 5.41) is 0.872. The van der Waals surface area contributed by atoms with Crippen LogP contribution in [0, 0.1) is 10.6 Å². The van der Waals surface area contributed by atoms with Crippen molar-refractivity contribution in [2.45, 2.75) is 0 Å². The average molecular weight is 314 g/mol. The van der Waals surface area contributed by atoms with Crippen LogP contribution in [0.2, 0.25) is 10.0 Å². The van der Waals surface area contributed by atoms with Crippen LogP contribution in [-0.2, 0) is 0 Å². The molecule has 0 spiro atoms. The van der Waals surface area contributed by atoms with Crippen LogP contribution in [0.15, 0.2) is 30.5 Å². The van der Waals surface area contributed by atoms with E-state index in [0.29, 0.717) is 31.7 Å². The van der Waals surface area contributed by atoms with Gasteiger partial charge in [-0.3, -0.25) is 4.57 Å². The fourth-order valence-corrected chi connectivity index (χ4v) is 2.50. The molecule has 1 aromatic carbocycles. The number of halogens is 3. The molecule has 0 radical (unpaired) electrons. The molecule has 0 saturated heterocycles. The van der Waals surface area contributed by atoms with Crippen molar-refractivity contribution in [1.29, 1.82) is 0 Å². The standard InChI is InChI=1S/C12H6Cl2FN3S/c13-6-3-9-11(16-5-6)18(12(19)17-9)10-4-7(15)1-2-8(10)14/h1-5H,(H,17,19). The topological polar surface area (TPSA) is 33.6 Å². The second-order valence-electron chi connectivity index (χ2n) is 3.89. The Morgan fingerprint density at radius 3 is 2.84 bits per heavy atom. The molecule has 0 atom stereocenters. The van der Waals surface area contributed by atoms with E-state index < -0.39 is 5.82 Å². The van der Waals surface area contributed by atoms with Crippen molar-refractivity contribution in [3.63, 3.8) is 0 Å². The van der Waals surface area contributed by atoms with Crippen molar-refractivity contribution in [1.82, 2.24) is 14.5 Å². The first kappa shape index (κ1) is 12.6. The Labute approximate surface area is 122 Å². The molecular formula is C12H6Cl2FN3S. The predicted molar refractivity (Wildman–Crippen MR) is 76.2 cm³/mol. The predicted octanol–water partition coefficient (Wildman–Crippen LogP) is 4.53. The molecule has 3 rings (SSSR count). The molecule has 1 N–H and O–H groups in total. The maximum atomic E-state index is 13.4. The first-order valence-electron chi connectivity index (χ1n) is 5.28. The van der Waals surface area contributed by atoms with Gasteiger partial charge in [-0.1, -0.05) is 23.2 Å². The van der Waals surface area contributed by atoms with E-state index in [9.17, 15) is 4.39 Å². The average Bonchev–Trinajstić information content (AvgIpc) is 2.67. The molecule has 0 aliphatic rings. The number of rotatable bonds is 1. The highest BCUT2D eigenvalue weighted by Crippen LogP contribution is 2.26. The third-order valence-corrected chi connectivity index (χ3v) is 3.45. The van der Waals surface area contributed by atoms with E-state index in [2.05, 4.69) is 9.97 Å². The first-order chi connectivity index (χ1) is 9.06. The zero-order valence-corrected chi connectivity index (χ0v) is 11.7. The van der Waals surface area contributed by atoms with Crippen LogP contribution < -0.4 is 0 Å². The fourth-order valence-electron chi connectivity index (χ4n) is 1.85. The molecule has 0 aliphatic heterocycles. The molecular weight excluding hydrogens is 308 g/mol. The highest BCUT2D eigenvalue weighted by atomic mass is 35.5. The lowest BCUT2D eigenvalue weighted by atomic mass is 10.3. The molecule has 0 unspecified atom stereocenters. The lowest BCUT2D eigenvalue weighted by Gasteiger charge is -2.06. The maximum Gasteiger partial charge on any atom is 0.184 e. The Kier molecular flexibility index (Phi) is 3.05. The van der Waals surface area contributed by atoms with Crippen LogP contribution in [0.5, 0.6) is 0 Å². The second-order valence-corrected chi connectivity index (χ2v) is 5.12. The lowest BCUT2D eigenvalue weighted by molar-refractivity contribution is 0.626. The zero-order valence-electron chi connectivity index (χ0n) is 9.32. The summed E-state index contributed by atoms with van der Waals surface area (Å²) in [6, 6.07) is 5.77. The van der Waals surface area contributed by atoms with Gasteiger partial charge < -0.3 is 4.98 Å². The molecule has 0 fully saturated rings. The van der Waals surface area contributed by atoms with E-state index in [-0.39, 0.29) is 0 Å². The third kappa shape index (κ3) is 2.14. The Morgan fingerprint density at radius 2 is 2.05 bits per heavy atom. The third-order valence-electron chi connectivity index (χ3n) is 2.64. The fraction of sp³-hybridized carbons (Fsp3) is 0. The highest BCUT2D eigenvalue weighted by Gasteiger charge is 2.12. The van der Waals surface area contributed by atoms with E-state index in [4.69, 9.17) is 35.4 Å². The summed E-state index contributed by atoms with van der Waals surface area (Å²) in [7, 11) is 0. The number of aromatic amines is 1. The number of nitrogens with one attached hydrogen (secondary N) is 1. The number of benzene rings is 1. The van der Waals surface area contributed by atoms with Crippen LogP contribution in [0.1, 0.15) is 0 Å². The summed E-state index contributed by atoms with van der Waals surface area (Å²) in [5.41, 5.74) is 1.65. The summed E-state index contributed by atoms with van der Waals surface area (Å²) in [6.07, 6.45) is 1.50. The van der Waals surface area contributed by atoms with E-state index in [1.807, 2.05) is 0 Å². The normalized spacial score (nSPS) is 11.1. The minimum Gasteiger partial charge on any atom is -0.329 e. The van der Waals surface area contributed by atoms with Gasteiger partial charge in [0, 0.05) is 6.20 Å². The van der Waals surface area contributed by atoms with Gasteiger partial charge in [0.15, 0.2) is 10.4 Å². The van der Waals surface area contributed by atoms with Gasteiger partial charge in [-0.2, -0.15) is 0 Å². The SMILES string of the molecule is Fc1ccc(Cl)c(-n2c(=S)[nH]c3cc(Cl)cnc32)c1. The van der Waals surface area contributed by atoms with Crippen molar-refractivity contribution in [2.75, 3.05) is 0 Å². The smallest absolute Gasteiger partial charge is 0.184 e. The Balaban J connectivity index is 2.39. The Hall–Kier alpha value is -1.43. The van der Waals surface area contributed by atoms with Gasteiger partial charge >= 0.3 is 0 Å². The Bertz CT molecular complexity index is 841. The van der Waals surface area contributed by atoms with Crippen molar-refractivity contribution < 1.29 is 4.39 Å².